The molecule has 1 saturated heterocycles. The van der Waals surface area contributed by atoms with Crippen molar-refractivity contribution < 1.29 is 9.53 Å². The maximum atomic E-state index is 11.8. The first-order valence-electron chi connectivity index (χ1n) is 6.35. The zero-order valence-corrected chi connectivity index (χ0v) is 10.7. The summed E-state index contributed by atoms with van der Waals surface area (Å²) in [6.45, 7) is 3.30. The van der Waals surface area contributed by atoms with E-state index in [9.17, 15) is 4.79 Å². The number of aryl methyl sites for hydroxylation is 1. The highest BCUT2D eigenvalue weighted by atomic mass is 16.5. The van der Waals surface area contributed by atoms with Crippen LogP contribution in [0.1, 0.15) is 24.8 Å². The van der Waals surface area contributed by atoms with Crippen molar-refractivity contribution in [2.45, 2.75) is 31.7 Å². The van der Waals surface area contributed by atoms with Gasteiger partial charge in [0.2, 0.25) is 5.91 Å². The highest BCUT2D eigenvalue weighted by Crippen LogP contribution is 2.26. The zero-order chi connectivity index (χ0) is 13.0. The maximum absolute atomic E-state index is 11.8. The van der Waals surface area contributed by atoms with Gasteiger partial charge in [0.15, 0.2) is 0 Å². The number of hydrogen-bond acceptors (Lipinski definition) is 3. The molecule has 1 unspecified atom stereocenters. The third-order valence-corrected chi connectivity index (χ3v) is 3.44. The second-order valence-corrected chi connectivity index (χ2v) is 4.91. The second kappa shape index (κ2) is 5.40. The Balaban J connectivity index is 2.22. The molecule has 18 heavy (non-hydrogen) atoms. The van der Waals surface area contributed by atoms with Crippen LogP contribution in [-0.2, 0) is 9.53 Å². The molecule has 0 saturated carbocycles. The first-order valence-corrected chi connectivity index (χ1v) is 6.35. The quantitative estimate of drug-likeness (QED) is 0.857. The standard InChI is InChI=1S/C14H20N2O2/c1-11-4-2-5-12(10-11)16-14(13(15)17)6-3-8-18-9-7-14/h2,4-5,10,16H,3,6-9H2,1H3,(H2,15,17). The maximum Gasteiger partial charge on any atom is 0.243 e. The SMILES string of the molecule is Cc1cccc(NC2(C(N)=O)CCCOCC2)c1. The molecule has 1 aliphatic rings. The second-order valence-electron chi connectivity index (χ2n) is 4.91. The van der Waals surface area contributed by atoms with Crippen molar-refractivity contribution in [3.05, 3.63) is 29.8 Å². The summed E-state index contributed by atoms with van der Waals surface area (Å²) in [5.74, 6) is -0.297. The van der Waals surface area contributed by atoms with Crippen LogP contribution < -0.4 is 11.1 Å². The Kier molecular flexibility index (Phi) is 3.87. The molecule has 1 aliphatic heterocycles. The van der Waals surface area contributed by atoms with Crippen LogP contribution in [0.15, 0.2) is 24.3 Å². The van der Waals surface area contributed by atoms with Crippen LogP contribution in [0.2, 0.25) is 0 Å². The number of hydrogen-bond donors (Lipinski definition) is 2. The van der Waals surface area contributed by atoms with Crippen LogP contribution in [0, 0.1) is 6.92 Å². The topological polar surface area (TPSA) is 64.3 Å². The van der Waals surface area contributed by atoms with E-state index in [0.717, 1.165) is 24.1 Å². The Morgan fingerprint density at radius 2 is 2.22 bits per heavy atom. The fourth-order valence-corrected chi connectivity index (χ4v) is 2.38. The molecule has 4 heteroatoms. The van der Waals surface area contributed by atoms with Crippen LogP contribution in [-0.4, -0.2) is 24.7 Å². The van der Waals surface area contributed by atoms with E-state index in [1.54, 1.807) is 0 Å². The normalized spacial score (nSPS) is 24.3. The Morgan fingerprint density at radius 1 is 1.39 bits per heavy atom. The summed E-state index contributed by atoms with van der Waals surface area (Å²) in [5.41, 5.74) is 7.02. The van der Waals surface area contributed by atoms with Gasteiger partial charge in [-0.25, -0.2) is 0 Å². The van der Waals surface area contributed by atoms with Gasteiger partial charge in [-0.15, -0.1) is 0 Å². The number of primary amides is 1. The predicted octanol–water partition coefficient (Wildman–Crippen LogP) is 1.83. The van der Waals surface area contributed by atoms with Crippen molar-refractivity contribution in [2.24, 2.45) is 5.73 Å². The van der Waals surface area contributed by atoms with Crippen LogP contribution in [0.4, 0.5) is 5.69 Å². The minimum absolute atomic E-state index is 0.297. The van der Waals surface area contributed by atoms with Crippen LogP contribution in [0.5, 0.6) is 0 Å². The molecule has 3 N–H and O–H groups in total. The largest absolute Gasteiger partial charge is 0.381 e. The van der Waals surface area contributed by atoms with Crippen molar-refractivity contribution in [2.75, 3.05) is 18.5 Å². The van der Waals surface area contributed by atoms with Crippen molar-refractivity contribution in [1.82, 2.24) is 0 Å². The van der Waals surface area contributed by atoms with Gasteiger partial charge < -0.3 is 15.8 Å². The van der Waals surface area contributed by atoms with Crippen molar-refractivity contribution in [1.29, 1.82) is 0 Å². The van der Waals surface area contributed by atoms with E-state index in [0.29, 0.717) is 19.6 Å². The van der Waals surface area contributed by atoms with E-state index in [1.807, 2.05) is 31.2 Å². The molecule has 0 radical (unpaired) electrons. The van der Waals surface area contributed by atoms with Crippen LogP contribution in [0.3, 0.4) is 0 Å². The lowest BCUT2D eigenvalue weighted by molar-refractivity contribution is -0.122. The molecule has 2 rings (SSSR count). The van der Waals surface area contributed by atoms with E-state index in [-0.39, 0.29) is 5.91 Å². The summed E-state index contributed by atoms with van der Waals surface area (Å²) in [5, 5.41) is 3.32. The lowest BCUT2D eigenvalue weighted by atomic mass is 9.89. The number of nitrogens with two attached hydrogens (primary N) is 1. The van der Waals surface area contributed by atoms with E-state index >= 15 is 0 Å². The lowest BCUT2D eigenvalue weighted by Crippen LogP contribution is -2.50. The minimum atomic E-state index is -0.676. The van der Waals surface area contributed by atoms with Crippen LogP contribution >= 0.6 is 0 Å². The lowest BCUT2D eigenvalue weighted by Gasteiger charge is -2.31. The number of carbonyl (C=O) groups is 1. The number of ether oxygens (including phenoxy) is 1. The first kappa shape index (κ1) is 12.9. The predicted molar refractivity (Wildman–Crippen MR) is 71.4 cm³/mol. The molecule has 0 aliphatic carbocycles. The van der Waals surface area contributed by atoms with Crippen molar-refractivity contribution >= 4 is 11.6 Å². The van der Waals surface area contributed by atoms with Crippen molar-refractivity contribution in [3.63, 3.8) is 0 Å². The number of amides is 1. The first-order chi connectivity index (χ1) is 8.62. The smallest absolute Gasteiger partial charge is 0.243 e. The Morgan fingerprint density at radius 3 is 2.94 bits per heavy atom. The van der Waals surface area contributed by atoms with E-state index in [2.05, 4.69) is 5.32 Å². The fraction of sp³-hybridized carbons (Fsp3) is 0.500. The molecule has 4 nitrogen and oxygen atoms in total. The van der Waals surface area contributed by atoms with Crippen molar-refractivity contribution in [3.8, 4) is 0 Å². The molecule has 1 heterocycles. The summed E-state index contributed by atoms with van der Waals surface area (Å²) in [7, 11) is 0. The molecule has 98 valence electrons. The third-order valence-electron chi connectivity index (χ3n) is 3.44. The zero-order valence-electron chi connectivity index (χ0n) is 10.7. The molecule has 1 aromatic rings. The molecular weight excluding hydrogens is 228 g/mol. The highest BCUT2D eigenvalue weighted by molar-refractivity contribution is 5.88. The summed E-state index contributed by atoms with van der Waals surface area (Å²) in [6, 6.07) is 7.98. The third kappa shape index (κ3) is 2.82. The molecule has 1 aromatic carbocycles. The summed E-state index contributed by atoms with van der Waals surface area (Å²) >= 11 is 0. The molecular formula is C14H20N2O2. The van der Waals surface area contributed by atoms with Gasteiger partial charge in [-0.05, 0) is 37.5 Å². The number of benzene rings is 1. The van der Waals surface area contributed by atoms with Gasteiger partial charge >= 0.3 is 0 Å². The van der Waals surface area contributed by atoms with Gasteiger partial charge in [-0.2, -0.15) is 0 Å². The Bertz CT molecular complexity index is 424. The Hall–Kier alpha value is -1.55. The fourth-order valence-electron chi connectivity index (χ4n) is 2.38. The van der Waals surface area contributed by atoms with Gasteiger partial charge in [0, 0.05) is 25.3 Å². The summed E-state index contributed by atoms with van der Waals surface area (Å²) in [4.78, 5) is 11.8. The van der Waals surface area contributed by atoms with Gasteiger partial charge in [0.1, 0.15) is 5.54 Å². The van der Waals surface area contributed by atoms with E-state index in [1.165, 1.54) is 0 Å². The van der Waals surface area contributed by atoms with Gasteiger partial charge in [0.05, 0.1) is 0 Å². The van der Waals surface area contributed by atoms with Gasteiger partial charge in [-0.1, -0.05) is 12.1 Å². The Labute approximate surface area is 108 Å². The molecule has 0 spiro atoms. The molecule has 1 atom stereocenters. The molecule has 1 fully saturated rings. The summed E-state index contributed by atoms with van der Waals surface area (Å²) in [6.07, 6.45) is 2.19. The number of carbonyl (C=O) groups excluding carboxylic acids is 1. The minimum Gasteiger partial charge on any atom is -0.381 e. The monoisotopic (exact) mass is 248 g/mol. The highest BCUT2D eigenvalue weighted by Gasteiger charge is 2.37. The summed E-state index contributed by atoms with van der Waals surface area (Å²) < 4.78 is 5.41. The number of anilines is 1. The number of nitrogens with one attached hydrogen (secondary N) is 1. The average Bonchev–Trinajstić information content (AvgIpc) is 2.55. The van der Waals surface area contributed by atoms with E-state index < -0.39 is 5.54 Å². The molecule has 0 aromatic heterocycles. The van der Waals surface area contributed by atoms with E-state index in [4.69, 9.17) is 10.5 Å². The number of rotatable bonds is 3. The van der Waals surface area contributed by atoms with Gasteiger partial charge in [-0.3, -0.25) is 4.79 Å². The molecule has 0 bridgehead atoms. The average molecular weight is 248 g/mol. The van der Waals surface area contributed by atoms with Crippen LogP contribution in [0.25, 0.3) is 0 Å². The molecule has 1 amide bonds. The van der Waals surface area contributed by atoms with Gasteiger partial charge in [0.25, 0.3) is 0 Å².